The molecule has 0 radical (unpaired) electrons. The molecule has 0 aliphatic carbocycles. The van der Waals surface area contributed by atoms with E-state index in [9.17, 15) is 4.39 Å². The minimum atomic E-state index is -0.150. The Morgan fingerprint density at radius 1 is 1.38 bits per heavy atom. The van der Waals surface area contributed by atoms with Crippen molar-refractivity contribution in [2.45, 2.75) is 44.9 Å². The molecule has 1 aliphatic heterocycles. The van der Waals surface area contributed by atoms with Crippen molar-refractivity contribution >= 4 is 17.4 Å². The largest absolute Gasteiger partial charge is 0.370 e. The molecule has 0 spiro atoms. The number of anilines is 1. The molecule has 0 saturated carbocycles. The first-order valence-corrected chi connectivity index (χ1v) is 8.83. The molecule has 118 valence electrons. The summed E-state index contributed by atoms with van der Waals surface area (Å²) in [4.78, 5) is 2.42. The Kier molecular flexibility index (Phi) is 5.55. The van der Waals surface area contributed by atoms with E-state index in [4.69, 9.17) is 0 Å². The molecular formula is C17H27FN2S. The fourth-order valence-corrected chi connectivity index (χ4v) is 3.94. The average Bonchev–Trinajstić information content (AvgIpc) is 2.60. The summed E-state index contributed by atoms with van der Waals surface area (Å²) in [6.07, 6.45) is 1.16. The van der Waals surface area contributed by atoms with Crippen LogP contribution in [0.4, 0.5) is 10.1 Å². The van der Waals surface area contributed by atoms with Crippen LogP contribution >= 0.6 is 11.8 Å². The fourth-order valence-electron chi connectivity index (χ4n) is 2.84. The lowest BCUT2D eigenvalue weighted by atomic mass is 10.0. The van der Waals surface area contributed by atoms with E-state index < -0.39 is 0 Å². The topological polar surface area (TPSA) is 15.3 Å². The second kappa shape index (κ2) is 7.01. The first-order valence-electron chi connectivity index (χ1n) is 7.84. The number of nitrogens with one attached hydrogen (secondary N) is 1. The van der Waals surface area contributed by atoms with E-state index in [1.807, 2.05) is 17.8 Å². The van der Waals surface area contributed by atoms with Crippen LogP contribution in [0.3, 0.4) is 0 Å². The maximum absolute atomic E-state index is 13.7. The van der Waals surface area contributed by atoms with Gasteiger partial charge in [-0.15, -0.1) is 0 Å². The van der Waals surface area contributed by atoms with E-state index in [1.165, 1.54) is 5.69 Å². The number of rotatable bonds is 4. The third-order valence-corrected chi connectivity index (χ3v) is 5.52. The molecule has 2 rings (SSSR count). The van der Waals surface area contributed by atoms with Crippen molar-refractivity contribution in [1.82, 2.24) is 5.32 Å². The van der Waals surface area contributed by atoms with Gasteiger partial charge in [-0.3, -0.25) is 0 Å². The van der Waals surface area contributed by atoms with Crippen molar-refractivity contribution in [2.75, 3.05) is 30.3 Å². The van der Waals surface area contributed by atoms with Gasteiger partial charge in [0.2, 0.25) is 0 Å². The van der Waals surface area contributed by atoms with Crippen molar-refractivity contribution in [1.29, 1.82) is 0 Å². The zero-order valence-corrected chi connectivity index (χ0v) is 14.4. The Balaban J connectivity index is 2.26. The summed E-state index contributed by atoms with van der Waals surface area (Å²) in [5, 5.41) is 3.40. The molecule has 1 heterocycles. The highest BCUT2D eigenvalue weighted by Gasteiger charge is 2.25. The van der Waals surface area contributed by atoms with Crippen LogP contribution < -0.4 is 10.2 Å². The standard InChI is InChI=1S/C17H27FN2S/c1-5-19-13(2)15-12-14(18)6-7-16(15)20-9-8-17(3,4)21-11-10-20/h6-7,12-13,19H,5,8-11H2,1-4H3. The highest BCUT2D eigenvalue weighted by Crippen LogP contribution is 2.34. The normalized spacial score (nSPS) is 20.1. The number of benzene rings is 1. The molecule has 2 nitrogen and oxygen atoms in total. The lowest BCUT2D eigenvalue weighted by Crippen LogP contribution is -2.29. The summed E-state index contributed by atoms with van der Waals surface area (Å²) in [5.74, 6) is 0.974. The molecule has 21 heavy (non-hydrogen) atoms. The van der Waals surface area contributed by atoms with E-state index in [0.717, 1.165) is 37.4 Å². The summed E-state index contributed by atoms with van der Waals surface area (Å²) in [6.45, 7) is 11.8. The molecule has 1 fully saturated rings. The van der Waals surface area contributed by atoms with E-state index in [1.54, 1.807) is 12.1 Å². The van der Waals surface area contributed by atoms with Crippen LogP contribution in [0.15, 0.2) is 18.2 Å². The SMILES string of the molecule is CCNC(C)c1cc(F)ccc1N1CCSC(C)(C)CC1. The van der Waals surface area contributed by atoms with Gasteiger partial charge >= 0.3 is 0 Å². The number of hydrogen-bond donors (Lipinski definition) is 1. The fraction of sp³-hybridized carbons (Fsp3) is 0.647. The first kappa shape index (κ1) is 16.6. The van der Waals surface area contributed by atoms with Gasteiger partial charge in [0.25, 0.3) is 0 Å². The highest BCUT2D eigenvalue weighted by molar-refractivity contribution is 8.00. The molecule has 1 N–H and O–H groups in total. The zero-order valence-electron chi connectivity index (χ0n) is 13.6. The van der Waals surface area contributed by atoms with Crippen LogP contribution in [0, 0.1) is 5.82 Å². The lowest BCUT2D eigenvalue weighted by molar-refractivity contribution is 0.578. The minimum absolute atomic E-state index is 0.150. The first-order chi connectivity index (χ1) is 9.93. The molecule has 1 aromatic carbocycles. The van der Waals surface area contributed by atoms with Crippen LogP contribution in [0.25, 0.3) is 0 Å². The van der Waals surface area contributed by atoms with E-state index >= 15 is 0 Å². The monoisotopic (exact) mass is 310 g/mol. The molecular weight excluding hydrogens is 283 g/mol. The summed E-state index contributed by atoms with van der Waals surface area (Å²) in [5.41, 5.74) is 2.25. The van der Waals surface area contributed by atoms with Gasteiger partial charge in [-0.1, -0.05) is 20.8 Å². The van der Waals surface area contributed by atoms with Crippen molar-refractivity contribution in [3.63, 3.8) is 0 Å². The summed E-state index contributed by atoms with van der Waals surface area (Å²) in [7, 11) is 0. The van der Waals surface area contributed by atoms with Crippen molar-refractivity contribution in [3.8, 4) is 0 Å². The molecule has 4 heteroatoms. The predicted molar refractivity (Wildman–Crippen MR) is 91.9 cm³/mol. The molecule has 0 bridgehead atoms. The zero-order chi connectivity index (χ0) is 15.5. The second-order valence-electron chi connectivity index (χ2n) is 6.33. The lowest BCUT2D eigenvalue weighted by Gasteiger charge is -2.28. The van der Waals surface area contributed by atoms with E-state index in [2.05, 4.69) is 37.9 Å². The van der Waals surface area contributed by atoms with Crippen molar-refractivity contribution in [2.24, 2.45) is 0 Å². The number of halogens is 1. The maximum Gasteiger partial charge on any atom is 0.123 e. The molecule has 1 aromatic rings. The van der Waals surface area contributed by atoms with Crippen LogP contribution in [-0.2, 0) is 0 Å². The van der Waals surface area contributed by atoms with Crippen LogP contribution in [0.1, 0.15) is 45.7 Å². The third kappa shape index (κ3) is 4.36. The molecule has 0 amide bonds. The van der Waals surface area contributed by atoms with Gasteiger partial charge in [-0.25, -0.2) is 4.39 Å². The smallest absolute Gasteiger partial charge is 0.123 e. The van der Waals surface area contributed by atoms with Gasteiger partial charge in [0.15, 0.2) is 0 Å². The number of thioether (sulfide) groups is 1. The highest BCUT2D eigenvalue weighted by atomic mass is 32.2. The Labute approximate surface area is 132 Å². The van der Waals surface area contributed by atoms with Crippen LogP contribution in [-0.4, -0.2) is 30.1 Å². The number of nitrogens with zero attached hydrogens (tertiary/aromatic N) is 1. The van der Waals surface area contributed by atoms with Gasteiger partial charge < -0.3 is 10.2 Å². The second-order valence-corrected chi connectivity index (χ2v) is 8.13. The number of hydrogen-bond acceptors (Lipinski definition) is 3. The average molecular weight is 310 g/mol. The summed E-state index contributed by atoms with van der Waals surface area (Å²) < 4.78 is 14.0. The van der Waals surface area contributed by atoms with E-state index in [0.29, 0.717) is 4.75 Å². The minimum Gasteiger partial charge on any atom is -0.370 e. The third-order valence-electron chi connectivity index (χ3n) is 4.14. The maximum atomic E-state index is 13.7. The van der Waals surface area contributed by atoms with Gasteiger partial charge in [-0.2, -0.15) is 11.8 Å². The van der Waals surface area contributed by atoms with Gasteiger partial charge in [0, 0.05) is 35.3 Å². The van der Waals surface area contributed by atoms with Gasteiger partial charge in [0.1, 0.15) is 5.82 Å². The quantitative estimate of drug-likeness (QED) is 0.896. The van der Waals surface area contributed by atoms with Crippen LogP contribution in [0.5, 0.6) is 0 Å². The Morgan fingerprint density at radius 2 is 2.14 bits per heavy atom. The van der Waals surface area contributed by atoms with Crippen LogP contribution in [0.2, 0.25) is 0 Å². The molecule has 1 saturated heterocycles. The van der Waals surface area contributed by atoms with Gasteiger partial charge in [0.05, 0.1) is 0 Å². The molecule has 1 atom stereocenters. The van der Waals surface area contributed by atoms with Gasteiger partial charge in [-0.05, 0) is 43.7 Å². The Morgan fingerprint density at radius 3 is 2.86 bits per heavy atom. The predicted octanol–water partition coefficient (Wildman–Crippen LogP) is 4.22. The Bertz CT molecular complexity index is 476. The van der Waals surface area contributed by atoms with Crippen molar-refractivity contribution < 1.29 is 4.39 Å². The molecule has 0 aromatic heterocycles. The summed E-state index contributed by atoms with van der Waals surface area (Å²) in [6, 6.07) is 5.39. The van der Waals surface area contributed by atoms with Crippen molar-refractivity contribution in [3.05, 3.63) is 29.6 Å². The molecule has 1 aliphatic rings. The Hall–Kier alpha value is -0.740. The molecule has 1 unspecified atom stereocenters. The van der Waals surface area contributed by atoms with E-state index in [-0.39, 0.29) is 11.9 Å². The summed E-state index contributed by atoms with van der Waals surface area (Å²) >= 11 is 2.04.